The number of hydrogen-bond donors (Lipinski definition) is 1. The van der Waals surface area contributed by atoms with Crippen LogP contribution in [0, 0.1) is 0 Å². The summed E-state index contributed by atoms with van der Waals surface area (Å²) in [5.41, 5.74) is 1.67. The lowest BCUT2D eigenvalue weighted by atomic mass is 10.1. The molecule has 4 nitrogen and oxygen atoms in total. The van der Waals surface area contributed by atoms with Crippen molar-refractivity contribution >= 4 is 5.65 Å². The van der Waals surface area contributed by atoms with E-state index in [2.05, 4.69) is 24.0 Å². The van der Waals surface area contributed by atoms with Gasteiger partial charge < -0.3 is 0 Å². The summed E-state index contributed by atoms with van der Waals surface area (Å²) in [6.45, 7) is 4.22. The number of hydrogen-bond acceptors (Lipinski definition) is 2. The van der Waals surface area contributed by atoms with Gasteiger partial charge in [-0.25, -0.2) is 9.89 Å². The minimum absolute atomic E-state index is 0.190. The highest BCUT2D eigenvalue weighted by Gasteiger charge is 2.02. The van der Waals surface area contributed by atoms with Crippen molar-refractivity contribution in [3.8, 4) is 0 Å². The Morgan fingerprint density at radius 3 is 3.00 bits per heavy atom. The van der Waals surface area contributed by atoms with Crippen molar-refractivity contribution in [2.75, 3.05) is 0 Å². The predicted molar refractivity (Wildman–Crippen MR) is 49.9 cm³/mol. The summed E-state index contributed by atoms with van der Waals surface area (Å²) in [5.74, 6) is 0.455. The first-order valence-corrected chi connectivity index (χ1v) is 4.25. The number of pyridine rings is 1. The van der Waals surface area contributed by atoms with Crippen LogP contribution in [0.5, 0.6) is 0 Å². The minimum atomic E-state index is -0.190. The van der Waals surface area contributed by atoms with E-state index in [4.69, 9.17) is 0 Å². The Labute approximate surface area is 75.2 Å². The molecule has 2 aromatic heterocycles. The number of fused-ring (bicyclic) bond motifs is 1. The fraction of sp³-hybridized carbons (Fsp3) is 0.333. The summed E-state index contributed by atoms with van der Waals surface area (Å²) >= 11 is 0. The van der Waals surface area contributed by atoms with Gasteiger partial charge in [0.1, 0.15) is 0 Å². The second-order valence-corrected chi connectivity index (χ2v) is 3.37. The average molecular weight is 177 g/mol. The number of aromatic amines is 1. The van der Waals surface area contributed by atoms with Crippen molar-refractivity contribution in [1.82, 2.24) is 14.6 Å². The molecule has 0 radical (unpaired) electrons. The van der Waals surface area contributed by atoms with E-state index in [0.29, 0.717) is 11.6 Å². The summed E-state index contributed by atoms with van der Waals surface area (Å²) in [7, 11) is 0. The van der Waals surface area contributed by atoms with Crippen molar-refractivity contribution < 1.29 is 0 Å². The lowest BCUT2D eigenvalue weighted by molar-refractivity contribution is 0.862. The molecular formula is C9H11N3O. The van der Waals surface area contributed by atoms with E-state index in [1.165, 1.54) is 9.96 Å². The summed E-state index contributed by atoms with van der Waals surface area (Å²) in [5, 5.41) is 6.29. The van der Waals surface area contributed by atoms with Gasteiger partial charge in [0, 0.05) is 6.20 Å². The maximum absolute atomic E-state index is 11.1. The molecule has 0 atom stereocenters. The molecule has 13 heavy (non-hydrogen) atoms. The maximum Gasteiger partial charge on any atom is 0.347 e. The Bertz CT molecular complexity index is 481. The van der Waals surface area contributed by atoms with Crippen LogP contribution in [-0.4, -0.2) is 14.6 Å². The number of rotatable bonds is 1. The topological polar surface area (TPSA) is 50.2 Å². The van der Waals surface area contributed by atoms with Crippen molar-refractivity contribution in [2.24, 2.45) is 0 Å². The van der Waals surface area contributed by atoms with Gasteiger partial charge in [-0.2, -0.15) is 5.10 Å². The van der Waals surface area contributed by atoms with Crippen LogP contribution in [0.2, 0.25) is 0 Å². The molecule has 2 heterocycles. The van der Waals surface area contributed by atoms with Crippen LogP contribution in [0.25, 0.3) is 5.65 Å². The Kier molecular flexibility index (Phi) is 1.69. The van der Waals surface area contributed by atoms with Crippen LogP contribution in [0.15, 0.2) is 23.1 Å². The van der Waals surface area contributed by atoms with E-state index in [1.807, 2.05) is 12.1 Å². The number of aromatic nitrogens is 3. The van der Waals surface area contributed by atoms with Crippen molar-refractivity contribution in [3.05, 3.63) is 34.4 Å². The van der Waals surface area contributed by atoms with Crippen molar-refractivity contribution in [2.45, 2.75) is 19.8 Å². The third-order valence-electron chi connectivity index (χ3n) is 2.11. The van der Waals surface area contributed by atoms with Crippen LogP contribution in [0.4, 0.5) is 0 Å². The third kappa shape index (κ3) is 1.24. The molecule has 0 saturated heterocycles. The van der Waals surface area contributed by atoms with Crippen LogP contribution in [0.3, 0.4) is 0 Å². The second-order valence-electron chi connectivity index (χ2n) is 3.37. The highest BCUT2D eigenvalue weighted by Crippen LogP contribution is 2.13. The summed E-state index contributed by atoms with van der Waals surface area (Å²) in [6, 6.07) is 3.86. The van der Waals surface area contributed by atoms with Crippen LogP contribution in [0.1, 0.15) is 25.3 Å². The number of H-pyrrole nitrogens is 1. The molecular weight excluding hydrogens is 166 g/mol. The largest absolute Gasteiger partial charge is 0.347 e. The molecule has 68 valence electrons. The SMILES string of the molecule is CC(C)c1ccn2c(=O)[nH]nc2c1. The molecule has 0 spiro atoms. The first-order chi connectivity index (χ1) is 6.18. The van der Waals surface area contributed by atoms with E-state index in [-0.39, 0.29) is 5.69 Å². The lowest BCUT2D eigenvalue weighted by Crippen LogP contribution is -2.08. The first-order valence-electron chi connectivity index (χ1n) is 4.25. The number of nitrogens with zero attached hydrogens (tertiary/aromatic N) is 2. The monoisotopic (exact) mass is 177 g/mol. The normalized spacial score (nSPS) is 11.3. The third-order valence-corrected chi connectivity index (χ3v) is 2.11. The Morgan fingerprint density at radius 2 is 2.31 bits per heavy atom. The molecule has 0 amide bonds. The van der Waals surface area contributed by atoms with Gasteiger partial charge in [-0.15, -0.1) is 0 Å². The fourth-order valence-electron chi connectivity index (χ4n) is 1.28. The van der Waals surface area contributed by atoms with Gasteiger partial charge in [-0.1, -0.05) is 13.8 Å². The quantitative estimate of drug-likeness (QED) is 0.710. The zero-order chi connectivity index (χ0) is 9.42. The van der Waals surface area contributed by atoms with Gasteiger partial charge in [-0.05, 0) is 23.6 Å². The zero-order valence-electron chi connectivity index (χ0n) is 7.61. The molecule has 0 saturated carbocycles. The van der Waals surface area contributed by atoms with Gasteiger partial charge in [0.15, 0.2) is 5.65 Å². The minimum Gasteiger partial charge on any atom is -0.250 e. The molecule has 0 bridgehead atoms. The molecule has 0 aliphatic rings. The standard InChI is InChI=1S/C9H11N3O/c1-6(2)7-3-4-12-8(5-7)10-11-9(12)13/h3-6H,1-2H3,(H,11,13). The smallest absolute Gasteiger partial charge is 0.250 e. The Balaban J connectivity index is 2.70. The maximum atomic E-state index is 11.1. The molecule has 1 N–H and O–H groups in total. The molecule has 0 unspecified atom stereocenters. The van der Waals surface area contributed by atoms with E-state index in [0.717, 1.165) is 0 Å². The van der Waals surface area contributed by atoms with Gasteiger partial charge in [0.25, 0.3) is 0 Å². The highest BCUT2D eigenvalue weighted by atomic mass is 16.1. The van der Waals surface area contributed by atoms with Crippen LogP contribution in [-0.2, 0) is 0 Å². The molecule has 2 rings (SSSR count). The van der Waals surface area contributed by atoms with Crippen molar-refractivity contribution in [1.29, 1.82) is 0 Å². The Morgan fingerprint density at radius 1 is 1.54 bits per heavy atom. The summed E-state index contributed by atoms with van der Waals surface area (Å²) in [6.07, 6.45) is 1.75. The molecule has 0 aliphatic carbocycles. The molecule has 0 aliphatic heterocycles. The highest BCUT2D eigenvalue weighted by molar-refractivity contribution is 5.40. The van der Waals surface area contributed by atoms with Crippen molar-refractivity contribution in [3.63, 3.8) is 0 Å². The molecule has 0 fully saturated rings. The number of nitrogens with one attached hydrogen (secondary N) is 1. The van der Waals surface area contributed by atoms with Crippen LogP contribution >= 0.6 is 0 Å². The fourth-order valence-corrected chi connectivity index (χ4v) is 1.28. The van der Waals surface area contributed by atoms with E-state index in [9.17, 15) is 4.79 Å². The molecule has 0 aromatic carbocycles. The first kappa shape index (κ1) is 8.04. The van der Waals surface area contributed by atoms with Gasteiger partial charge in [0.2, 0.25) is 0 Å². The lowest BCUT2D eigenvalue weighted by Gasteiger charge is -2.03. The van der Waals surface area contributed by atoms with Crippen LogP contribution < -0.4 is 5.69 Å². The molecule has 2 aromatic rings. The van der Waals surface area contributed by atoms with Gasteiger partial charge in [0.05, 0.1) is 0 Å². The average Bonchev–Trinajstić information content (AvgIpc) is 2.47. The second kappa shape index (κ2) is 2.73. The zero-order valence-corrected chi connectivity index (χ0v) is 7.61. The summed E-state index contributed by atoms with van der Waals surface area (Å²) in [4.78, 5) is 11.1. The predicted octanol–water partition coefficient (Wildman–Crippen LogP) is 1.15. The summed E-state index contributed by atoms with van der Waals surface area (Å²) < 4.78 is 1.49. The van der Waals surface area contributed by atoms with Gasteiger partial charge >= 0.3 is 5.69 Å². The van der Waals surface area contributed by atoms with E-state index >= 15 is 0 Å². The van der Waals surface area contributed by atoms with E-state index < -0.39 is 0 Å². The Hall–Kier alpha value is -1.58. The van der Waals surface area contributed by atoms with Gasteiger partial charge in [-0.3, -0.25) is 4.40 Å². The molecule has 4 heteroatoms. The van der Waals surface area contributed by atoms with E-state index in [1.54, 1.807) is 6.20 Å².